The first-order chi connectivity index (χ1) is 19.1. The Kier molecular flexibility index (Phi) is 9.31. The number of anilines is 2. The average molecular weight is 603 g/mol. The van der Waals surface area contributed by atoms with Gasteiger partial charge in [-0.25, -0.2) is 45.5 Å². The SMILES string of the molecule is Cc1ccc(S(=O)(=O)NC(=O)NC(=O)Nc2ccc(C)c(NC(=O)NC(=O)NS(=O)(=O)c3ccc(C)cc3)c2)cc1. The number of hydrogen-bond donors (Lipinski definition) is 6. The fourth-order valence-corrected chi connectivity index (χ4v) is 5.02. The predicted octanol–water partition coefficient (Wildman–Crippen LogP) is 3.05. The lowest BCUT2D eigenvalue weighted by atomic mass is 10.2. The van der Waals surface area contributed by atoms with Crippen molar-refractivity contribution in [3.63, 3.8) is 0 Å². The van der Waals surface area contributed by atoms with E-state index in [0.717, 1.165) is 11.1 Å². The van der Waals surface area contributed by atoms with Gasteiger partial charge in [-0.05, 0) is 62.7 Å². The molecule has 0 fully saturated rings. The first-order valence-corrected chi connectivity index (χ1v) is 14.6. The molecule has 0 radical (unpaired) electrons. The molecule has 0 atom stereocenters. The Labute approximate surface area is 236 Å². The van der Waals surface area contributed by atoms with Crippen molar-refractivity contribution in [3.8, 4) is 0 Å². The maximum absolute atomic E-state index is 12.3. The summed E-state index contributed by atoms with van der Waals surface area (Å²) in [5.74, 6) is 0. The van der Waals surface area contributed by atoms with Crippen LogP contribution in [0.3, 0.4) is 0 Å². The van der Waals surface area contributed by atoms with Gasteiger partial charge >= 0.3 is 24.1 Å². The topological polar surface area (TPSA) is 209 Å². The van der Waals surface area contributed by atoms with Gasteiger partial charge in [0.1, 0.15) is 0 Å². The summed E-state index contributed by atoms with van der Waals surface area (Å²) in [5.41, 5.74) is 2.34. The van der Waals surface area contributed by atoms with Crippen molar-refractivity contribution in [2.45, 2.75) is 30.6 Å². The highest BCUT2D eigenvalue weighted by Gasteiger charge is 2.21. The summed E-state index contributed by atoms with van der Waals surface area (Å²) >= 11 is 0. The highest BCUT2D eigenvalue weighted by Crippen LogP contribution is 2.20. The zero-order chi connectivity index (χ0) is 30.4. The van der Waals surface area contributed by atoms with Gasteiger partial charge in [-0.3, -0.25) is 10.6 Å². The first kappa shape index (κ1) is 30.6. The van der Waals surface area contributed by atoms with E-state index in [9.17, 15) is 36.0 Å². The minimum absolute atomic E-state index is 0.0870. The van der Waals surface area contributed by atoms with E-state index in [1.54, 1.807) is 54.5 Å². The molecule has 3 rings (SSSR count). The van der Waals surface area contributed by atoms with Crippen molar-refractivity contribution < 1.29 is 36.0 Å². The Hall–Kier alpha value is -4.96. The lowest BCUT2D eigenvalue weighted by Gasteiger charge is -2.13. The zero-order valence-corrected chi connectivity index (χ0v) is 23.6. The van der Waals surface area contributed by atoms with Crippen LogP contribution in [0.15, 0.2) is 76.5 Å². The predicted molar refractivity (Wildman–Crippen MR) is 149 cm³/mol. The van der Waals surface area contributed by atoms with E-state index < -0.39 is 44.2 Å². The summed E-state index contributed by atoms with van der Waals surface area (Å²) in [6.07, 6.45) is 0. The molecule has 14 nitrogen and oxygen atoms in total. The van der Waals surface area contributed by atoms with Crippen LogP contribution in [0.1, 0.15) is 16.7 Å². The summed E-state index contributed by atoms with van der Waals surface area (Å²) in [7, 11) is -8.46. The Balaban J connectivity index is 1.56. The molecule has 0 unspecified atom stereocenters. The van der Waals surface area contributed by atoms with Crippen molar-refractivity contribution in [2.24, 2.45) is 0 Å². The Morgan fingerprint density at radius 1 is 0.537 bits per heavy atom. The lowest BCUT2D eigenvalue weighted by molar-refractivity contribution is 0.234. The molecule has 3 aromatic carbocycles. The third-order valence-corrected chi connectivity index (χ3v) is 8.01. The molecule has 0 saturated heterocycles. The van der Waals surface area contributed by atoms with Gasteiger partial charge in [0.2, 0.25) is 0 Å². The normalized spacial score (nSPS) is 11.1. The molecule has 0 aromatic heterocycles. The van der Waals surface area contributed by atoms with Crippen molar-refractivity contribution in [2.75, 3.05) is 10.6 Å². The van der Waals surface area contributed by atoms with Crippen LogP contribution in [-0.4, -0.2) is 41.0 Å². The van der Waals surface area contributed by atoms with Gasteiger partial charge in [-0.1, -0.05) is 41.5 Å². The van der Waals surface area contributed by atoms with E-state index in [-0.39, 0.29) is 21.2 Å². The minimum Gasteiger partial charge on any atom is -0.308 e. The highest BCUT2D eigenvalue weighted by atomic mass is 32.2. The number of hydrogen-bond acceptors (Lipinski definition) is 8. The van der Waals surface area contributed by atoms with Crippen LogP contribution in [0.5, 0.6) is 0 Å². The molecule has 0 bridgehead atoms. The number of amides is 8. The fourth-order valence-electron chi connectivity index (χ4n) is 3.20. The van der Waals surface area contributed by atoms with E-state index in [2.05, 4.69) is 10.6 Å². The number of carbonyl (C=O) groups is 4. The summed E-state index contributed by atoms with van der Waals surface area (Å²) in [5, 5.41) is 8.30. The smallest absolute Gasteiger partial charge is 0.308 e. The lowest BCUT2D eigenvalue weighted by Crippen LogP contribution is -2.44. The molecule has 0 aliphatic rings. The van der Waals surface area contributed by atoms with Crippen molar-refractivity contribution >= 4 is 55.5 Å². The maximum Gasteiger partial charge on any atom is 0.336 e. The summed E-state index contributed by atoms with van der Waals surface area (Å²) in [6, 6.07) is 10.8. The zero-order valence-electron chi connectivity index (χ0n) is 21.9. The van der Waals surface area contributed by atoms with Crippen molar-refractivity contribution in [3.05, 3.63) is 83.4 Å². The number of aryl methyl sites for hydroxylation is 3. The van der Waals surface area contributed by atoms with Gasteiger partial charge < -0.3 is 10.6 Å². The first-order valence-electron chi connectivity index (χ1n) is 11.7. The monoisotopic (exact) mass is 602 g/mol. The molecule has 0 aliphatic heterocycles. The molecule has 3 aromatic rings. The van der Waals surface area contributed by atoms with Crippen LogP contribution in [-0.2, 0) is 20.0 Å². The Morgan fingerprint density at radius 2 is 0.951 bits per heavy atom. The van der Waals surface area contributed by atoms with Gasteiger partial charge in [0.05, 0.1) is 9.79 Å². The van der Waals surface area contributed by atoms with E-state index in [0.29, 0.717) is 5.56 Å². The van der Waals surface area contributed by atoms with Gasteiger partial charge in [-0.15, -0.1) is 0 Å². The largest absolute Gasteiger partial charge is 0.336 e. The van der Waals surface area contributed by atoms with Crippen LogP contribution >= 0.6 is 0 Å². The molecule has 0 heterocycles. The van der Waals surface area contributed by atoms with Gasteiger partial charge in [0.15, 0.2) is 0 Å². The molecule has 16 heteroatoms. The summed E-state index contributed by atoms with van der Waals surface area (Å²) in [6.45, 7) is 5.12. The average Bonchev–Trinajstić information content (AvgIpc) is 2.85. The second-order valence-corrected chi connectivity index (χ2v) is 12.0. The number of benzene rings is 3. The van der Waals surface area contributed by atoms with Gasteiger partial charge in [0.25, 0.3) is 20.0 Å². The van der Waals surface area contributed by atoms with Crippen molar-refractivity contribution in [1.29, 1.82) is 0 Å². The van der Waals surface area contributed by atoms with E-state index in [1.807, 2.05) is 10.6 Å². The molecule has 6 N–H and O–H groups in total. The van der Waals surface area contributed by atoms with Crippen LogP contribution < -0.4 is 30.7 Å². The number of carbonyl (C=O) groups excluding carboxylic acids is 4. The minimum atomic E-state index is -4.23. The number of nitrogens with one attached hydrogen (secondary N) is 6. The molecule has 0 saturated carbocycles. The number of urea groups is 4. The Morgan fingerprint density at radius 3 is 1.39 bits per heavy atom. The Bertz CT molecular complexity index is 1710. The van der Waals surface area contributed by atoms with Crippen LogP contribution in [0.2, 0.25) is 0 Å². The molecular weight excluding hydrogens is 576 g/mol. The molecule has 41 heavy (non-hydrogen) atoms. The third-order valence-electron chi connectivity index (χ3n) is 5.31. The maximum atomic E-state index is 12.3. The fraction of sp³-hybridized carbons (Fsp3) is 0.120. The van der Waals surface area contributed by atoms with Gasteiger partial charge in [-0.2, -0.15) is 0 Å². The molecule has 216 valence electrons. The summed E-state index contributed by atoms with van der Waals surface area (Å²) < 4.78 is 52.7. The highest BCUT2D eigenvalue weighted by molar-refractivity contribution is 7.90. The number of imide groups is 2. The number of rotatable bonds is 6. The van der Waals surface area contributed by atoms with Crippen molar-refractivity contribution in [1.82, 2.24) is 20.1 Å². The molecular formula is C25H26N6O8S2. The number of sulfonamides is 2. The summed E-state index contributed by atoms with van der Waals surface area (Å²) in [4.78, 5) is 48.4. The molecule has 8 amide bonds. The second-order valence-electron chi connectivity index (χ2n) is 8.68. The van der Waals surface area contributed by atoms with Crippen LogP contribution in [0.25, 0.3) is 0 Å². The quantitative estimate of drug-likeness (QED) is 0.246. The van der Waals surface area contributed by atoms with Gasteiger partial charge in [0, 0.05) is 11.4 Å². The van der Waals surface area contributed by atoms with E-state index >= 15 is 0 Å². The van der Waals surface area contributed by atoms with E-state index in [4.69, 9.17) is 0 Å². The standard InChI is InChI=1S/C25H26N6O8S2/c1-15-4-10-19(11-5-15)40(36,37)30-24(34)28-22(32)26-18-9-8-17(3)21(14-18)27-23(33)29-25(35)31-41(38,39)20-12-6-16(2)7-13-20/h4-14H,1-3H3,(H3,26,28,30,32,34)(H3,27,29,31,33,35). The van der Waals surface area contributed by atoms with E-state index in [1.165, 1.54) is 42.5 Å². The van der Waals surface area contributed by atoms with Crippen LogP contribution in [0, 0.1) is 20.8 Å². The third kappa shape index (κ3) is 8.77. The second kappa shape index (κ2) is 12.5. The molecule has 0 spiro atoms. The van der Waals surface area contributed by atoms with Crippen LogP contribution in [0.4, 0.5) is 30.6 Å². The molecule has 0 aliphatic carbocycles.